The minimum Gasteiger partial charge on any atom is -0.497 e. The third kappa shape index (κ3) is 12.2. The van der Waals surface area contributed by atoms with Gasteiger partial charge in [0.25, 0.3) is 9.05 Å². The van der Waals surface area contributed by atoms with Crippen molar-refractivity contribution in [3.63, 3.8) is 0 Å². The van der Waals surface area contributed by atoms with E-state index in [0.29, 0.717) is 18.1 Å². The highest BCUT2D eigenvalue weighted by Crippen LogP contribution is 2.11. The summed E-state index contributed by atoms with van der Waals surface area (Å²) >= 11 is 7.49. The standard InChI is InChI=1S/C11H16N2OS.H2O3S2/c1-14-10-4-2-9(3-5-10)6-7-13-11(12)8-15;1-5(2,3)4/h2-5,15H,6-8H2,1H3,(H2,12,13);(H2,1,2,3,4). The molecule has 4 N–H and O–H groups in total. The lowest BCUT2D eigenvalue weighted by atomic mass is 10.1. The molecule has 114 valence electrons. The highest BCUT2D eigenvalue weighted by atomic mass is 32.9. The number of hydrogen-bond donors (Lipinski definition) is 4. The van der Waals surface area contributed by atoms with Crippen LogP contribution in [0, 0.1) is 0 Å². The van der Waals surface area contributed by atoms with Crippen LogP contribution in [0.5, 0.6) is 5.75 Å². The second kappa shape index (κ2) is 9.94. The van der Waals surface area contributed by atoms with Gasteiger partial charge >= 0.3 is 0 Å². The Labute approximate surface area is 129 Å². The summed E-state index contributed by atoms with van der Waals surface area (Å²) < 4.78 is 29.0. The molecule has 0 saturated heterocycles. The van der Waals surface area contributed by atoms with Crippen LogP contribution < -0.4 is 10.5 Å². The molecule has 9 heteroatoms. The van der Waals surface area contributed by atoms with Gasteiger partial charge in [0.05, 0.1) is 7.11 Å². The van der Waals surface area contributed by atoms with Crippen LogP contribution in [-0.2, 0) is 26.7 Å². The van der Waals surface area contributed by atoms with Gasteiger partial charge in [-0.15, -0.1) is 0 Å². The van der Waals surface area contributed by atoms with Gasteiger partial charge in [0.15, 0.2) is 0 Å². The van der Waals surface area contributed by atoms with E-state index in [1.54, 1.807) is 7.11 Å². The first-order chi connectivity index (χ1) is 9.26. The zero-order chi connectivity index (χ0) is 15.6. The molecule has 0 aliphatic rings. The smallest absolute Gasteiger partial charge is 0.263 e. The predicted octanol–water partition coefficient (Wildman–Crippen LogP) is 1.20. The minimum absolute atomic E-state index is 0.516. The Balaban J connectivity index is 0.000000621. The molecule has 1 rings (SSSR count). The molecule has 6 nitrogen and oxygen atoms in total. The number of thiol groups is 1. The molecule has 0 aliphatic carbocycles. The largest absolute Gasteiger partial charge is 0.497 e. The van der Waals surface area contributed by atoms with Gasteiger partial charge in [0.1, 0.15) is 11.6 Å². The van der Waals surface area contributed by atoms with Crippen LogP contribution >= 0.6 is 12.6 Å². The molecule has 0 aromatic heterocycles. The number of hydrogen-bond acceptors (Lipinski definition) is 5. The molecule has 0 heterocycles. The maximum Gasteiger partial charge on any atom is 0.263 e. The van der Waals surface area contributed by atoms with E-state index in [-0.39, 0.29) is 0 Å². The average molecular weight is 338 g/mol. The average Bonchev–Trinajstić information content (AvgIpc) is 2.37. The number of nitrogens with two attached hydrogens (primary N) is 1. The molecule has 1 aromatic rings. The van der Waals surface area contributed by atoms with Crippen LogP contribution in [-0.4, -0.2) is 38.6 Å². The van der Waals surface area contributed by atoms with Gasteiger partial charge in [-0.05, 0) is 24.1 Å². The Morgan fingerprint density at radius 3 is 2.35 bits per heavy atom. The van der Waals surface area contributed by atoms with Crippen molar-refractivity contribution in [1.82, 2.24) is 0 Å². The van der Waals surface area contributed by atoms with Crippen LogP contribution in [0.15, 0.2) is 29.3 Å². The van der Waals surface area contributed by atoms with Gasteiger partial charge in [0, 0.05) is 23.5 Å². The fraction of sp³-hybridized carbons (Fsp3) is 0.364. The highest BCUT2D eigenvalue weighted by molar-refractivity contribution is 8.26. The molecule has 0 saturated carbocycles. The van der Waals surface area contributed by atoms with E-state index in [2.05, 4.69) is 28.8 Å². The molecule has 0 fully saturated rings. The summed E-state index contributed by atoms with van der Waals surface area (Å²) in [6.07, 6.45) is 0.887. The zero-order valence-electron chi connectivity index (χ0n) is 10.9. The topological polar surface area (TPSA) is 105 Å². The normalized spacial score (nSPS) is 11.5. The Morgan fingerprint density at radius 1 is 1.45 bits per heavy atom. The van der Waals surface area contributed by atoms with E-state index in [1.807, 2.05) is 24.3 Å². The van der Waals surface area contributed by atoms with E-state index in [4.69, 9.17) is 23.8 Å². The predicted molar refractivity (Wildman–Crippen MR) is 87.8 cm³/mol. The molecule has 0 atom stereocenters. The summed E-state index contributed by atoms with van der Waals surface area (Å²) in [5.41, 5.74) is 6.76. The second-order valence-corrected chi connectivity index (χ2v) is 6.09. The molecular formula is C11H18N2O4S3. The quantitative estimate of drug-likeness (QED) is 0.365. The maximum atomic E-state index is 9.11. The Bertz CT molecular complexity index is 507. The number of ether oxygens (including phenoxy) is 1. The number of aliphatic imine (C=N–C) groups is 1. The summed E-state index contributed by atoms with van der Waals surface area (Å²) in [6.45, 7) is 0.707. The fourth-order valence-corrected chi connectivity index (χ4v) is 1.27. The first-order valence-electron chi connectivity index (χ1n) is 5.48. The van der Waals surface area contributed by atoms with Crippen LogP contribution in [0.1, 0.15) is 5.56 Å². The molecule has 0 bridgehead atoms. The van der Waals surface area contributed by atoms with Crippen LogP contribution in [0.4, 0.5) is 0 Å². The monoisotopic (exact) mass is 338 g/mol. The summed E-state index contributed by atoms with van der Waals surface area (Å²) in [7, 11) is -2.17. The van der Waals surface area contributed by atoms with Crippen molar-refractivity contribution in [2.75, 3.05) is 19.4 Å². The van der Waals surface area contributed by atoms with Gasteiger partial charge < -0.3 is 10.5 Å². The van der Waals surface area contributed by atoms with Crippen LogP contribution in [0.25, 0.3) is 0 Å². The Morgan fingerprint density at radius 2 is 1.95 bits per heavy atom. The summed E-state index contributed by atoms with van der Waals surface area (Å²) in [4.78, 5) is 4.17. The van der Waals surface area contributed by atoms with Crippen molar-refractivity contribution >= 4 is 38.7 Å². The Hall–Kier alpha value is -0.870. The van der Waals surface area contributed by atoms with Crippen molar-refractivity contribution in [2.24, 2.45) is 10.7 Å². The molecule has 0 aliphatic heterocycles. The van der Waals surface area contributed by atoms with Gasteiger partial charge in [-0.2, -0.15) is 16.8 Å². The molecule has 0 spiro atoms. The van der Waals surface area contributed by atoms with Crippen molar-refractivity contribution < 1.29 is 18.1 Å². The van der Waals surface area contributed by atoms with Gasteiger partial charge in [0.2, 0.25) is 0 Å². The highest BCUT2D eigenvalue weighted by Gasteiger charge is 1.94. The lowest BCUT2D eigenvalue weighted by Gasteiger charge is -2.02. The molecule has 20 heavy (non-hydrogen) atoms. The molecule has 0 radical (unpaired) electrons. The SMILES string of the molecule is COc1ccc(CCN=C(N)CS)cc1.O=S(O)(O)=S. The number of methoxy groups -OCH3 is 1. The zero-order valence-corrected chi connectivity index (χ0v) is 13.5. The van der Waals surface area contributed by atoms with E-state index in [1.165, 1.54) is 5.56 Å². The second-order valence-electron chi connectivity index (χ2n) is 3.58. The first-order valence-corrected chi connectivity index (χ1v) is 8.51. The lowest BCUT2D eigenvalue weighted by Crippen LogP contribution is -2.14. The number of rotatable bonds is 5. The number of amidine groups is 1. The van der Waals surface area contributed by atoms with Crippen molar-refractivity contribution in [1.29, 1.82) is 0 Å². The maximum absolute atomic E-state index is 9.11. The lowest BCUT2D eigenvalue weighted by molar-refractivity contribution is 0.414. The molecule has 1 aromatic carbocycles. The molecule has 0 amide bonds. The van der Waals surface area contributed by atoms with E-state index < -0.39 is 9.05 Å². The minimum atomic E-state index is -3.83. The van der Waals surface area contributed by atoms with Gasteiger partial charge in [-0.25, -0.2) is 0 Å². The van der Waals surface area contributed by atoms with E-state index in [9.17, 15) is 0 Å². The van der Waals surface area contributed by atoms with Crippen LogP contribution in [0.3, 0.4) is 0 Å². The first kappa shape index (κ1) is 19.1. The Kier molecular flexibility index (Phi) is 9.51. The number of benzene rings is 1. The third-order valence-corrected chi connectivity index (χ3v) is 2.36. The van der Waals surface area contributed by atoms with Crippen LogP contribution in [0.2, 0.25) is 0 Å². The third-order valence-electron chi connectivity index (χ3n) is 2.04. The summed E-state index contributed by atoms with van der Waals surface area (Å²) in [5, 5.41) is 0. The molecule has 0 unspecified atom stereocenters. The van der Waals surface area contributed by atoms with Gasteiger partial charge in [-0.1, -0.05) is 12.1 Å². The number of nitrogens with zero attached hydrogens (tertiary/aromatic N) is 1. The van der Waals surface area contributed by atoms with Crippen molar-refractivity contribution in [3.8, 4) is 5.75 Å². The summed E-state index contributed by atoms with van der Waals surface area (Å²) in [6, 6.07) is 7.96. The van der Waals surface area contributed by atoms with E-state index >= 15 is 0 Å². The van der Waals surface area contributed by atoms with E-state index in [0.717, 1.165) is 12.2 Å². The fourth-order valence-electron chi connectivity index (χ4n) is 1.17. The summed E-state index contributed by atoms with van der Waals surface area (Å²) in [5.74, 6) is 1.98. The van der Waals surface area contributed by atoms with Crippen molar-refractivity contribution in [2.45, 2.75) is 6.42 Å². The van der Waals surface area contributed by atoms with Gasteiger partial charge in [-0.3, -0.25) is 14.1 Å². The molecular weight excluding hydrogens is 320 g/mol. The van der Waals surface area contributed by atoms with Crippen molar-refractivity contribution in [3.05, 3.63) is 29.8 Å².